The van der Waals surface area contributed by atoms with Gasteiger partial charge in [0.1, 0.15) is 0 Å². The van der Waals surface area contributed by atoms with Crippen LogP contribution in [0, 0.1) is 20.8 Å². The van der Waals surface area contributed by atoms with Gasteiger partial charge in [0.05, 0.1) is 11.2 Å². The summed E-state index contributed by atoms with van der Waals surface area (Å²) in [5.74, 6) is 0. The average Bonchev–Trinajstić information content (AvgIpc) is 2.39. The predicted octanol–water partition coefficient (Wildman–Crippen LogP) is 1.95. The van der Waals surface area contributed by atoms with E-state index in [2.05, 4.69) is 4.72 Å². The van der Waals surface area contributed by atoms with Crippen molar-refractivity contribution in [2.45, 2.75) is 45.4 Å². The minimum absolute atomic E-state index is 0.0475. The Labute approximate surface area is 146 Å². The van der Waals surface area contributed by atoms with E-state index in [1.165, 1.54) is 4.31 Å². The summed E-state index contributed by atoms with van der Waals surface area (Å²) >= 11 is 0. The molecule has 24 heavy (non-hydrogen) atoms. The SMILES string of the molecule is CCCCN(CCNS(=O)(=O)c1c(C)cc(C)cc1C)S(C)(=O)=O. The molecule has 0 amide bonds. The van der Waals surface area contributed by atoms with Crippen LogP contribution in [0.4, 0.5) is 0 Å². The number of hydrogen-bond acceptors (Lipinski definition) is 4. The van der Waals surface area contributed by atoms with E-state index in [0.29, 0.717) is 17.7 Å². The lowest BCUT2D eigenvalue weighted by molar-refractivity contribution is 0.408. The molecule has 0 atom stereocenters. The lowest BCUT2D eigenvalue weighted by Crippen LogP contribution is -2.38. The van der Waals surface area contributed by atoms with Gasteiger partial charge < -0.3 is 0 Å². The number of aryl methyl sites for hydroxylation is 3. The molecule has 1 N–H and O–H groups in total. The summed E-state index contributed by atoms with van der Waals surface area (Å²) in [6.45, 7) is 8.00. The van der Waals surface area contributed by atoms with Crippen molar-refractivity contribution in [1.82, 2.24) is 9.03 Å². The molecule has 0 unspecified atom stereocenters. The third-order valence-corrected chi connectivity index (χ3v) is 6.83. The zero-order chi connectivity index (χ0) is 18.5. The highest BCUT2D eigenvalue weighted by Gasteiger charge is 2.21. The monoisotopic (exact) mass is 376 g/mol. The van der Waals surface area contributed by atoms with E-state index in [-0.39, 0.29) is 18.0 Å². The molecule has 138 valence electrons. The maximum atomic E-state index is 12.6. The van der Waals surface area contributed by atoms with Crippen LogP contribution in [0.25, 0.3) is 0 Å². The van der Waals surface area contributed by atoms with Crippen LogP contribution in [-0.4, -0.2) is 47.0 Å². The molecule has 6 nitrogen and oxygen atoms in total. The quantitative estimate of drug-likeness (QED) is 0.714. The molecule has 1 rings (SSSR count). The highest BCUT2D eigenvalue weighted by Crippen LogP contribution is 2.21. The smallest absolute Gasteiger partial charge is 0.213 e. The van der Waals surface area contributed by atoms with Gasteiger partial charge in [-0.05, 0) is 38.3 Å². The van der Waals surface area contributed by atoms with Gasteiger partial charge in [-0.1, -0.05) is 31.0 Å². The Morgan fingerprint density at radius 1 is 1.00 bits per heavy atom. The van der Waals surface area contributed by atoms with Crippen molar-refractivity contribution >= 4 is 20.0 Å². The second-order valence-electron chi connectivity index (χ2n) is 6.14. The molecule has 0 bridgehead atoms. The van der Waals surface area contributed by atoms with Crippen LogP contribution in [-0.2, 0) is 20.0 Å². The first-order chi connectivity index (χ1) is 11.0. The Kier molecular flexibility index (Phi) is 7.40. The minimum Gasteiger partial charge on any atom is -0.213 e. The molecule has 0 saturated carbocycles. The second kappa shape index (κ2) is 8.42. The first-order valence-electron chi connectivity index (χ1n) is 8.01. The Hall–Kier alpha value is -0.960. The van der Waals surface area contributed by atoms with Crippen molar-refractivity contribution in [2.75, 3.05) is 25.9 Å². The molecule has 1 aromatic rings. The van der Waals surface area contributed by atoms with Gasteiger partial charge in [0.25, 0.3) is 0 Å². The fourth-order valence-corrected chi connectivity index (χ4v) is 5.10. The Morgan fingerprint density at radius 2 is 1.54 bits per heavy atom. The predicted molar refractivity (Wildman–Crippen MR) is 97.2 cm³/mol. The van der Waals surface area contributed by atoms with E-state index in [4.69, 9.17) is 0 Å². The van der Waals surface area contributed by atoms with Crippen LogP contribution >= 0.6 is 0 Å². The van der Waals surface area contributed by atoms with Crippen molar-refractivity contribution in [2.24, 2.45) is 0 Å². The number of hydrogen-bond donors (Lipinski definition) is 1. The molecule has 0 fully saturated rings. The number of benzene rings is 1. The topological polar surface area (TPSA) is 83.6 Å². The van der Waals surface area contributed by atoms with E-state index in [0.717, 1.165) is 24.7 Å². The Balaban J connectivity index is 2.86. The third kappa shape index (κ3) is 5.84. The number of rotatable bonds is 9. The van der Waals surface area contributed by atoms with Crippen molar-refractivity contribution in [1.29, 1.82) is 0 Å². The fraction of sp³-hybridized carbons (Fsp3) is 0.625. The van der Waals surface area contributed by atoms with Gasteiger partial charge in [0.2, 0.25) is 20.0 Å². The van der Waals surface area contributed by atoms with E-state index < -0.39 is 20.0 Å². The molecule has 0 radical (unpaired) electrons. The van der Waals surface area contributed by atoms with Crippen LogP contribution in [0.2, 0.25) is 0 Å². The van der Waals surface area contributed by atoms with Crippen molar-refractivity contribution in [3.05, 3.63) is 28.8 Å². The molecular weight excluding hydrogens is 348 g/mol. The summed E-state index contributed by atoms with van der Waals surface area (Å²) in [5, 5.41) is 0. The average molecular weight is 377 g/mol. The minimum atomic E-state index is -3.67. The fourth-order valence-electron chi connectivity index (χ4n) is 2.75. The van der Waals surface area contributed by atoms with Gasteiger partial charge in [-0.25, -0.2) is 25.9 Å². The molecule has 1 aromatic carbocycles. The van der Waals surface area contributed by atoms with Gasteiger partial charge in [-0.2, -0.15) is 0 Å². The zero-order valence-electron chi connectivity index (χ0n) is 15.1. The molecule has 0 aliphatic carbocycles. The summed E-state index contributed by atoms with van der Waals surface area (Å²) < 4.78 is 52.5. The molecule has 8 heteroatoms. The first-order valence-corrected chi connectivity index (χ1v) is 11.3. The van der Waals surface area contributed by atoms with Crippen molar-refractivity contribution < 1.29 is 16.8 Å². The number of nitrogens with one attached hydrogen (secondary N) is 1. The molecule has 0 aromatic heterocycles. The lowest BCUT2D eigenvalue weighted by atomic mass is 10.1. The molecule has 0 aliphatic heterocycles. The summed E-state index contributed by atoms with van der Waals surface area (Å²) in [4.78, 5) is 0.271. The van der Waals surface area contributed by atoms with E-state index in [1.807, 2.05) is 26.0 Å². The maximum absolute atomic E-state index is 12.6. The number of nitrogens with zero attached hydrogens (tertiary/aromatic N) is 1. The third-order valence-electron chi connectivity index (χ3n) is 3.76. The summed E-state index contributed by atoms with van der Waals surface area (Å²) in [6.07, 6.45) is 2.76. The van der Waals surface area contributed by atoms with Gasteiger partial charge in [0, 0.05) is 19.6 Å². The standard InChI is InChI=1S/C16H28N2O4S2/c1-6-7-9-18(23(5,19)20)10-8-17-24(21,22)16-14(3)11-13(2)12-15(16)4/h11-12,17H,6-10H2,1-5H3. The van der Waals surface area contributed by atoms with E-state index in [9.17, 15) is 16.8 Å². The highest BCUT2D eigenvalue weighted by molar-refractivity contribution is 7.89. The Morgan fingerprint density at radius 3 is 2.00 bits per heavy atom. The van der Waals surface area contributed by atoms with Gasteiger partial charge >= 0.3 is 0 Å². The van der Waals surface area contributed by atoms with Crippen LogP contribution in [0.3, 0.4) is 0 Å². The maximum Gasteiger partial charge on any atom is 0.241 e. The van der Waals surface area contributed by atoms with Crippen LogP contribution in [0.15, 0.2) is 17.0 Å². The van der Waals surface area contributed by atoms with Gasteiger partial charge in [-0.15, -0.1) is 0 Å². The van der Waals surface area contributed by atoms with Gasteiger partial charge in [0.15, 0.2) is 0 Å². The van der Waals surface area contributed by atoms with Crippen LogP contribution in [0.1, 0.15) is 36.5 Å². The molecule has 0 heterocycles. The molecule has 0 spiro atoms. The lowest BCUT2D eigenvalue weighted by Gasteiger charge is -2.20. The molecular formula is C16H28N2O4S2. The van der Waals surface area contributed by atoms with Gasteiger partial charge in [-0.3, -0.25) is 0 Å². The zero-order valence-corrected chi connectivity index (χ0v) is 16.7. The summed E-state index contributed by atoms with van der Waals surface area (Å²) in [7, 11) is -7.01. The normalized spacial score (nSPS) is 12.8. The molecule has 0 aliphatic rings. The number of unbranched alkanes of at least 4 members (excludes halogenated alkanes) is 1. The van der Waals surface area contributed by atoms with Crippen LogP contribution < -0.4 is 4.72 Å². The number of sulfonamides is 2. The largest absolute Gasteiger partial charge is 0.241 e. The van der Waals surface area contributed by atoms with E-state index >= 15 is 0 Å². The highest BCUT2D eigenvalue weighted by atomic mass is 32.2. The van der Waals surface area contributed by atoms with E-state index in [1.54, 1.807) is 13.8 Å². The summed E-state index contributed by atoms with van der Waals surface area (Å²) in [6, 6.07) is 3.65. The summed E-state index contributed by atoms with van der Waals surface area (Å²) in [5.41, 5.74) is 2.38. The van der Waals surface area contributed by atoms with Crippen molar-refractivity contribution in [3.63, 3.8) is 0 Å². The second-order valence-corrected chi connectivity index (χ2v) is 9.83. The molecule has 0 saturated heterocycles. The first kappa shape index (κ1) is 21.1. The van der Waals surface area contributed by atoms with Crippen LogP contribution in [0.5, 0.6) is 0 Å². The van der Waals surface area contributed by atoms with Crippen molar-refractivity contribution in [3.8, 4) is 0 Å². The Bertz CT molecular complexity index is 748.